The minimum Gasteiger partial charge on any atom is -0.497 e. The highest BCUT2D eigenvalue weighted by atomic mass is 16.5. The molecule has 28 heavy (non-hydrogen) atoms. The van der Waals surface area contributed by atoms with Crippen LogP contribution in [0.15, 0.2) is 18.2 Å². The molecular weight excluding hydrogens is 358 g/mol. The number of benzene rings is 1. The first kappa shape index (κ1) is 20.5. The van der Waals surface area contributed by atoms with Crippen molar-refractivity contribution >= 4 is 17.5 Å². The maximum Gasteiger partial charge on any atom is 0.313 e. The van der Waals surface area contributed by atoms with Crippen LogP contribution in [0, 0.1) is 0 Å². The van der Waals surface area contributed by atoms with Gasteiger partial charge in [0, 0.05) is 31.2 Å². The van der Waals surface area contributed by atoms with Crippen molar-refractivity contribution in [1.29, 1.82) is 0 Å². The largest absolute Gasteiger partial charge is 0.497 e. The summed E-state index contributed by atoms with van der Waals surface area (Å²) in [5.41, 5.74) is 0.411. The van der Waals surface area contributed by atoms with E-state index >= 15 is 0 Å². The van der Waals surface area contributed by atoms with Crippen LogP contribution >= 0.6 is 0 Å². The second-order valence-corrected chi connectivity index (χ2v) is 7.60. The normalized spacial score (nSPS) is 19.1. The highest BCUT2D eigenvalue weighted by Gasteiger charge is 2.28. The number of hydrogen-bond acceptors (Lipinski definition) is 5. The average Bonchev–Trinajstić information content (AvgIpc) is 2.74. The van der Waals surface area contributed by atoms with Crippen molar-refractivity contribution in [2.24, 2.45) is 0 Å². The number of hydrogen-bond donors (Lipinski definition) is 2. The molecule has 1 heterocycles. The molecule has 7 nitrogen and oxygen atoms in total. The average molecular weight is 389 g/mol. The first-order chi connectivity index (χ1) is 13.6. The zero-order valence-electron chi connectivity index (χ0n) is 16.8. The van der Waals surface area contributed by atoms with E-state index in [2.05, 4.69) is 15.5 Å². The molecule has 1 aliphatic carbocycles. The standard InChI is InChI=1S/C21H31N3O4/c1-27-17-8-9-19(28-2)18(14-17)23-21(26)20(25)22-15-10-12-24(13-11-15)16-6-4-3-5-7-16/h8-9,14-16H,3-7,10-13H2,1-2H3,(H,22,25)(H,23,26). The summed E-state index contributed by atoms with van der Waals surface area (Å²) < 4.78 is 10.4. The van der Waals surface area contributed by atoms with E-state index in [4.69, 9.17) is 9.47 Å². The van der Waals surface area contributed by atoms with Gasteiger partial charge >= 0.3 is 11.8 Å². The van der Waals surface area contributed by atoms with Gasteiger partial charge in [-0.25, -0.2) is 0 Å². The molecule has 154 valence electrons. The summed E-state index contributed by atoms with van der Waals surface area (Å²) in [6.45, 7) is 1.97. The third-order valence-corrected chi connectivity index (χ3v) is 5.82. The van der Waals surface area contributed by atoms with Gasteiger partial charge in [0.15, 0.2) is 0 Å². The molecule has 2 fully saturated rings. The van der Waals surface area contributed by atoms with Gasteiger partial charge in [0.1, 0.15) is 11.5 Å². The molecule has 7 heteroatoms. The smallest absolute Gasteiger partial charge is 0.313 e. The molecule has 0 unspecified atom stereocenters. The SMILES string of the molecule is COc1ccc(OC)c(NC(=O)C(=O)NC2CCN(C3CCCCC3)CC2)c1. The molecule has 0 aromatic heterocycles. The monoisotopic (exact) mass is 389 g/mol. The number of carbonyl (C=O) groups is 2. The third kappa shape index (κ3) is 5.16. The lowest BCUT2D eigenvalue weighted by Gasteiger charge is -2.39. The number of nitrogens with zero attached hydrogens (tertiary/aromatic N) is 1. The number of amides is 2. The number of piperidine rings is 1. The fourth-order valence-corrected chi connectivity index (χ4v) is 4.20. The molecule has 2 aliphatic rings. The Morgan fingerprint density at radius 2 is 1.68 bits per heavy atom. The number of nitrogens with one attached hydrogen (secondary N) is 2. The summed E-state index contributed by atoms with van der Waals surface area (Å²) >= 11 is 0. The van der Waals surface area contributed by atoms with Crippen molar-refractivity contribution in [2.45, 2.75) is 57.0 Å². The minimum atomic E-state index is -0.693. The molecule has 1 saturated carbocycles. The Morgan fingerprint density at radius 1 is 0.964 bits per heavy atom. The number of carbonyl (C=O) groups excluding carboxylic acids is 2. The topological polar surface area (TPSA) is 79.9 Å². The van der Waals surface area contributed by atoms with Crippen LogP contribution in [0.3, 0.4) is 0 Å². The Morgan fingerprint density at radius 3 is 2.32 bits per heavy atom. The van der Waals surface area contributed by atoms with Crippen LogP contribution in [0.1, 0.15) is 44.9 Å². The Bertz CT molecular complexity index is 680. The molecule has 2 amide bonds. The second kappa shape index (κ2) is 9.78. The molecule has 1 aliphatic heterocycles. The van der Waals surface area contributed by atoms with E-state index in [-0.39, 0.29) is 6.04 Å². The summed E-state index contributed by atoms with van der Waals surface area (Å²) in [4.78, 5) is 27.2. The Kier molecular flexibility index (Phi) is 7.14. The summed E-state index contributed by atoms with van der Waals surface area (Å²) in [6, 6.07) is 5.80. The highest BCUT2D eigenvalue weighted by molar-refractivity contribution is 6.39. The van der Waals surface area contributed by atoms with E-state index in [1.54, 1.807) is 25.3 Å². The molecule has 1 aromatic rings. The van der Waals surface area contributed by atoms with Crippen LogP contribution in [0.25, 0.3) is 0 Å². The predicted octanol–water partition coefficient (Wildman–Crippen LogP) is 2.56. The van der Waals surface area contributed by atoms with E-state index in [1.807, 2.05) is 0 Å². The first-order valence-corrected chi connectivity index (χ1v) is 10.2. The Hall–Kier alpha value is -2.28. The lowest BCUT2D eigenvalue weighted by atomic mass is 9.92. The van der Waals surface area contributed by atoms with Gasteiger partial charge in [0.2, 0.25) is 0 Å². The number of ether oxygens (including phenoxy) is 2. The summed E-state index contributed by atoms with van der Waals surface area (Å²) in [5.74, 6) is -0.253. The van der Waals surface area contributed by atoms with E-state index in [0.29, 0.717) is 23.2 Å². The van der Waals surface area contributed by atoms with Gasteiger partial charge in [-0.3, -0.25) is 9.59 Å². The number of likely N-dealkylation sites (tertiary alicyclic amines) is 1. The van der Waals surface area contributed by atoms with Crippen molar-refractivity contribution in [3.63, 3.8) is 0 Å². The van der Waals surface area contributed by atoms with E-state index in [0.717, 1.165) is 25.9 Å². The zero-order valence-corrected chi connectivity index (χ0v) is 16.8. The van der Waals surface area contributed by atoms with Gasteiger partial charge in [-0.15, -0.1) is 0 Å². The fourth-order valence-electron chi connectivity index (χ4n) is 4.20. The van der Waals surface area contributed by atoms with Crippen LogP contribution in [0.4, 0.5) is 5.69 Å². The van der Waals surface area contributed by atoms with Gasteiger partial charge in [-0.05, 0) is 37.8 Å². The zero-order chi connectivity index (χ0) is 19.9. The molecule has 2 N–H and O–H groups in total. The molecule has 0 radical (unpaired) electrons. The Balaban J connectivity index is 1.49. The van der Waals surface area contributed by atoms with Gasteiger partial charge in [0.05, 0.1) is 19.9 Å². The quantitative estimate of drug-likeness (QED) is 0.757. The fraction of sp³-hybridized carbons (Fsp3) is 0.619. The highest BCUT2D eigenvalue weighted by Crippen LogP contribution is 2.29. The molecule has 1 saturated heterocycles. The first-order valence-electron chi connectivity index (χ1n) is 10.2. The molecule has 0 atom stereocenters. The van der Waals surface area contributed by atoms with Crippen LogP contribution in [0.2, 0.25) is 0 Å². The van der Waals surface area contributed by atoms with E-state index in [9.17, 15) is 9.59 Å². The summed E-state index contributed by atoms with van der Waals surface area (Å²) in [6.07, 6.45) is 8.38. The van der Waals surface area contributed by atoms with E-state index in [1.165, 1.54) is 39.2 Å². The van der Waals surface area contributed by atoms with Gasteiger partial charge < -0.3 is 25.0 Å². The van der Waals surface area contributed by atoms with Gasteiger partial charge in [-0.1, -0.05) is 19.3 Å². The van der Waals surface area contributed by atoms with Crippen molar-refractivity contribution in [2.75, 3.05) is 32.6 Å². The van der Waals surface area contributed by atoms with Crippen LogP contribution in [-0.4, -0.2) is 56.1 Å². The van der Waals surface area contributed by atoms with Crippen LogP contribution in [0.5, 0.6) is 11.5 Å². The molecule has 0 spiro atoms. The minimum absolute atomic E-state index is 0.0466. The molecule has 3 rings (SSSR count). The van der Waals surface area contributed by atoms with Crippen molar-refractivity contribution in [1.82, 2.24) is 10.2 Å². The maximum absolute atomic E-state index is 12.3. The van der Waals surface area contributed by atoms with Crippen LogP contribution < -0.4 is 20.1 Å². The predicted molar refractivity (Wildman–Crippen MR) is 108 cm³/mol. The second-order valence-electron chi connectivity index (χ2n) is 7.60. The lowest BCUT2D eigenvalue weighted by Crippen LogP contribution is -2.50. The number of methoxy groups -OCH3 is 2. The van der Waals surface area contributed by atoms with Gasteiger partial charge in [-0.2, -0.15) is 0 Å². The van der Waals surface area contributed by atoms with Crippen LogP contribution in [-0.2, 0) is 9.59 Å². The van der Waals surface area contributed by atoms with Crippen molar-refractivity contribution in [3.05, 3.63) is 18.2 Å². The summed E-state index contributed by atoms with van der Waals surface area (Å²) in [5, 5.41) is 5.50. The van der Waals surface area contributed by atoms with E-state index < -0.39 is 11.8 Å². The van der Waals surface area contributed by atoms with Crippen molar-refractivity contribution in [3.8, 4) is 11.5 Å². The maximum atomic E-state index is 12.3. The number of rotatable bonds is 5. The Labute approximate surface area is 166 Å². The van der Waals surface area contributed by atoms with Gasteiger partial charge in [0.25, 0.3) is 0 Å². The summed E-state index contributed by atoms with van der Waals surface area (Å²) in [7, 11) is 3.05. The molecular formula is C21H31N3O4. The molecule has 1 aromatic carbocycles. The van der Waals surface area contributed by atoms with Crippen molar-refractivity contribution < 1.29 is 19.1 Å². The third-order valence-electron chi connectivity index (χ3n) is 5.82. The lowest BCUT2D eigenvalue weighted by molar-refractivity contribution is -0.136. The number of anilines is 1. The molecule has 0 bridgehead atoms.